The Kier molecular flexibility index (Phi) is 5.40. The van der Waals surface area contributed by atoms with Crippen molar-refractivity contribution < 1.29 is 14.0 Å². The molecule has 0 saturated carbocycles. The van der Waals surface area contributed by atoms with Gasteiger partial charge in [-0.05, 0) is 36.6 Å². The fourth-order valence-electron chi connectivity index (χ4n) is 1.63. The molecule has 1 N–H and O–H groups in total. The fraction of sp³-hybridized carbons (Fsp3) is 0.125. The maximum atomic E-state index is 11.7. The number of thioether (sulfide) groups is 1. The van der Waals surface area contributed by atoms with Crippen LogP contribution in [0.2, 0.25) is 0 Å². The van der Waals surface area contributed by atoms with Crippen LogP contribution in [-0.2, 0) is 10.5 Å². The van der Waals surface area contributed by atoms with Gasteiger partial charge >= 0.3 is 0 Å². The lowest BCUT2D eigenvalue weighted by Crippen LogP contribution is -2.08. The second-order valence-corrected chi connectivity index (χ2v) is 5.21. The summed E-state index contributed by atoms with van der Waals surface area (Å²) in [5, 5.41) is 4.43. The van der Waals surface area contributed by atoms with Gasteiger partial charge < -0.3 is 9.73 Å². The normalized spacial score (nSPS) is 10.7. The Morgan fingerprint density at radius 3 is 2.86 bits per heavy atom. The Bertz CT molecular complexity index is 647. The largest absolute Gasteiger partial charge is 0.468 e. The van der Waals surface area contributed by atoms with Crippen LogP contribution in [0.15, 0.2) is 58.6 Å². The number of anilines is 1. The molecule has 1 aromatic heterocycles. The molecule has 4 nitrogen and oxygen atoms in total. The fourth-order valence-corrected chi connectivity index (χ4v) is 2.28. The van der Waals surface area contributed by atoms with Gasteiger partial charge in [-0.1, -0.05) is 12.1 Å². The highest BCUT2D eigenvalue weighted by Crippen LogP contribution is 2.14. The summed E-state index contributed by atoms with van der Waals surface area (Å²) in [5.74, 6) is 1.27. The molecule has 0 saturated heterocycles. The minimum Gasteiger partial charge on any atom is -0.468 e. The maximum Gasteiger partial charge on any atom is 0.248 e. The minimum atomic E-state index is -0.234. The van der Waals surface area contributed by atoms with Gasteiger partial charge in [-0.2, -0.15) is 0 Å². The summed E-state index contributed by atoms with van der Waals surface area (Å²) in [5.41, 5.74) is 1.18. The van der Waals surface area contributed by atoms with E-state index < -0.39 is 0 Å². The van der Waals surface area contributed by atoms with Crippen molar-refractivity contribution in [3.05, 3.63) is 65.5 Å². The van der Waals surface area contributed by atoms with Gasteiger partial charge in [-0.25, -0.2) is 0 Å². The van der Waals surface area contributed by atoms with Crippen LogP contribution in [0.5, 0.6) is 0 Å². The molecule has 1 heterocycles. The summed E-state index contributed by atoms with van der Waals surface area (Å²) in [7, 11) is 0. The molecule has 0 aliphatic heterocycles. The molecule has 0 fully saturated rings. The number of hydrogen-bond acceptors (Lipinski definition) is 4. The molecule has 0 spiro atoms. The molecule has 0 bridgehead atoms. The van der Waals surface area contributed by atoms with Crippen molar-refractivity contribution in [2.45, 2.75) is 12.7 Å². The van der Waals surface area contributed by atoms with Crippen LogP contribution >= 0.6 is 11.8 Å². The van der Waals surface area contributed by atoms with Gasteiger partial charge in [0.25, 0.3) is 0 Å². The molecule has 0 radical (unpaired) electrons. The van der Waals surface area contributed by atoms with Gasteiger partial charge in [0, 0.05) is 17.3 Å². The number of hydrogen-bond donors (Lipinski definition) is 1. The first kappa shape index (κ1) is 15.1. The number of benzene rings is 1. The SMILES string of the molecule is CC(=O)c1cccc(NC(=O)/C=C/SCc2ccco2)c1. The smallest absolute Gasteiger partial charge is 0.248 e. The van der Waals surface area contributed by atoms with E-state index in [1.807, 2.05) is 12.1 Å². The Morgan fingerprint density at radius 1 is 1.29 bits per heavy atom. The first-order valence-corrected chi connectivity index (χ1v) is 7.42. The van der Waals surface area contributed by atoms with E-state index in [1.54, 1.807) is 35.9 Å². The first-order chi connectivity index (χ1) is 10.1. The zero-order chi connectivity index (χ0) is 15.1. The van der Waals surface area contributed by atoms with Gasteiger partial charge in [0.05, 0.1) is 12.0 Å². The number of carbonyl (C=O) groups excluding carboxylic acids is 2. The second kappa shape index (κ2) is 7.50. The van der Waals surface area contributed by atoms with E-state index >= 15 is 0 Å². The van der Waals surface area contributed by atoms with E-state index in [4.69, 9.17) is 4.42 Å². The van der Waals surface area contributed by atoms with Crippen molar-refractivity contribution in [3.8, 4) is 0 Å². The van der Waals surface area contributed by atoms with Crippen LogP contribution < -0.4 is 5.32 Å². The average molecular weight is 301 g/mol. The van der Waals surface area contributed by atoms with Gasteiger partial charge in [-0.3, -0.25) is 9.59 Å². The second-order valence-electron chi connectivity index (χ2n) is 4.32. The number of ketones is 1. The minimum absolute atomic E-state index is 0.0318. The molecule has 2 rings (SSSR count). The highest BCUT2D eigenvalue weighted by molar-refractivity contribution is 8.01. The summed E-state index contributed by atoms with van der Waals surface area (Å²) >= 11 is 1.47. The number of furan rings is 1. The van der Waals surface area contributed by atoms with Crippen LogP contribution in [0.1, 0.15) is 23.0 Å². The van der Waals surface area contributed by atoms with E-state index in [0.717, 1.165) is 5.76 Å². The van der Waals surface area contributed by atoms with Crippen molar-refractivity contribution in [1.82, 2.24) is 0 Å². The van der Waals surface area contributed by atoms with Crippen molar-refractivity contribution in [1.29, 1.82) is 0 Å². The zero-order valence-electron chi connectivity index (χ0n) is 11.5. The quantitative estimate of drug-likeness (QED) is 0.650. The highest BCUT2D eigenvalue weighted by Gasteiger charge is 2.02. The average Bonchev–Trinajstić information content (AvgIpc) is 2.97. The van der Waals surface area contributed by atoms with Gasteiger partial charge in [0.1, 0.15) is 5.76 Å². The summed E-state index contributed by atoms with van der Waals surface area (Å²) < 4.78 is 5.18. The standard InChI is InChI=1S/C16H15NO3S/c1-12(18)13-4-2-5-14(10-13)17-16(19)7-9-21-11-15-6-3-8-20-15/h2-10H,11H2,1H3,(H,17,19)/b9-7+. The van der Waals surface area contributed by atoms with E-state index in [0.29, 0.717) is 17.0 Å². The topological polar surface area (TPSA) is 59.3 Å². The van der Waals surface area contributed by atoms with Gasteiger partial charge in [-0.15, -0.1) is 11.8 Å². The third-order valence-corrected chi connectivity index (χ3v) is 3.44. The highest BCUT2D eigenvalue weighted by atomic mass is 32.2. The number of rotatable bonds is 6. The lowest BCUT2D eigenvalue weighted by Gasteiger charge is -2.03. The molecule has 0 unspecified atom stereocenters. The lowest BCUT2D eigenvalue weighted by atomic mass is 10.1. The first-order valence-electron chi connectivity index (χ1n) is 6.37. The van der Waals surface area contributed by atoms with Crippen molar-refractivity contribution in [2.75, 3.05) is 5.32 Å². The number of carbonyl (C=O) groups is 2. The Morgan fingerprint density at radius 2 is 2.14 bits per heavy atom. The number of nitrogens with one attached hydrogen (secondary N) is 1. The van der Waals surface area contributed by atoms with E-state index in [1.165, 1.54) is 24.8 Å². The van der Waals surface area contributed by atoms with Gasteiger partial charge in [0.2, 0.25) is 5.91 Å². The van der Waals surface area contributed by atoms with Crippen LogP contribution in [0, 0.1) is 0 Å². The molecule has 2 aromatic rings. The molecule has 5 heteroatoms. The van der Waals surface area contributed by atoms with E-state index in [9.17, 15) is 9.59 Å². The maximum absolute atomic E-state index is 11.7. The third kappa shape index (κ3) is 4.96. The monoisotopic (exact) mass is 301 g/mol. The Hall–Kier alpha value is -2.27. The van der Waals surface area contributed by atoms with Crippen molar-refractivity contribution in [2.24, 2.45) is 0 Å². The van der Waals surface area contributed by atoms with E-state index in [-0.39, 0.29) is 11.7 Å². The Balaban J connectivity index is 1.83. The van der Waals surface area contributed by atoms with E-state index in [2.05, 4.69) is 5.32 Å². The van der Waals surface area contributed by atoms with Crippen molar-refractivity contribution >= 4 is 29.1 Å². The predicted octanol–water partition coefficient (Wildman–Crippen LogP) is 3.87. The molecule has 108 valence electrons. The third-order valence-electron chi connectivity index (χ3n) is 2.66. The lowest BCUT2D eigenvalue weighted by molar-refractivity contribution is -0.111. The number of amides is 1. The molecule has 1 amide bonds. The molecule has 1 aromatic carbocycles. The van der Waals surface area contributed by atoms with Crippen LogP contribution in [0.25, 0.3) is 0 Å². The van der Waals surface area contributed by atoms with Crippen LogP contribution in [0.3, 0.4) is 0 Å². The predicted molar refractivity (Wildman–Crippen MR) is 84.2 cm³/mol. The summed E-state index contributed by atoms with van der Waals surface area (Å²) in [6, 6.07) is 10.6. The summed E-state index contributed by atoms with van der Waals surface area (Å²) in [4.78, 5) is 23.0. The van der Waals surface area contributed by atoms with Crippen LogP contribution in [-0.4, -0.2) is 11.7 Å². The molecule has 21 heavy (non-hydrogen) atoms. The molecule has 0 aliphatic rings. The van der Waals surface area contributed by atoms with Crippen molar-refractivity contribution in [3.63, 3.8) is 0 Å². The summed E-state index contributed by atoms with van der Waals surface area (Å²) in [6.07, 6.45) is 3.07. The summed E-state index contributed by atoms with van der Waals surface area (Å²) in [6.45, 7) is 1.49. The molecular formula is C16H15NO3S. The molecular weight excluding hydrogens is 286 g/mol. The van der Waals surface area contributed by atoms with Gasteiger partial charge in [0.15, 0.2) is 5.78 Å². The van der Waals surface area contributed by atoms with Crippen LogP contribution in [0.4, 0.5) is 5.69 Å². The molecule has 0 atom stereocenters. The Labute approximate surface area is 127 Å². The molecule has 0 aliphatic carbocycles. The zero-order valence-corrected chi connectivity index (χ0v) is 12.4. The number of Topliss-reactive ketones (excluding diaryl/α,β-unsaturated/α-hetero) is 1.